The van der Waals surface area contributed by atoms with Crippen LogP contribution in [0.5, 0.6) is 5.75 Å². The van der Waals surface area contributed by atoms with Gasteiger partial charge in [-0.2, -0.15) is 0 Å². The Hall–Kier alpha value is -2.47. The van der Waals surface area contributed by atoms with Crippen molar-refractivity contribution < 1.29 is 18.7 Å². The van der Waals surface area contributed by atoms with Crippen molar-refractivity contribution in [2.24, 2.45) is 0 Å². The molecule has 0 aliphatic carbocycles. The van der Waals surface area contributed by atoms with Crippen LogP contribution in [0.1, 0.15) is 11.8 Å². The third-order valence-corrected chi connectivity index (χ3v) is 3.60. The largest absolute Gasteiger partial charge is 0.484 e. The third kappa shape index (κ3) is 4.04. The molecule has 0 saturated carbocycles. The average Bonchev–Trinajstić information content (AvgIpc) is 2.61. The lowest BCUT2D eigenvalue weighted by Gasteiger charge is -2.32. The molecule has 1 aromatic heterocycles. The fourth-order valence-corrected chi connectivity index (χ4v) is 2.41. The summed E-state index contributed by atoms with van der Waals surface area (Å²) in [7, 11) is 0. The number of halogens is 1. The first-order chi connectivity index (χ1) is 11.2. The van der Waals surface area contributed by atoms with Gasteiger partial charge in [-0.3, -0.25) is 9.78 Å². The zero-order chi connectivity index (χ0) is 16.1. The Morgan fingerprint density at radius 2 is 2.26 bits per heavy atom. The highest BCUT2D eigenvalue weighted by Crippen LogP contribution is 2.20. The number of ether oxygens (including phenoxy) is 2. The lowest BCUT2D eigenvalue weighted by Crippen LogP contribution is -2.44. The SMILES string of the molecule is O=C(COc1cccc(F)c1)N1CCOC(c2ccccn2)C1. The molecule has 1 fully saturated rings. The molecule has 0 spiro atoms. The van der Waals surface area contributed by atoms with Crippen LogP contribution in [0.2, 0.25) is 0 Å². The van der Waals surface area contributed by atoms with Gasteiger partial charge in [0.05, 0.1) is 18.8 Å². The van der Waals surface area contributed by atoms with Gasteiger partial charge in [-0.05, 0) is 24.3 Å². The highest BCUT2D eigenvalue weighted by Gasteiger charge is 2.26. The van der Waals surface area contributed by atoms with Crippen molar-refractivity contribution in [1.82, 2.24) is 9.88 Å². The van der Waals surface area contributed by atoms with Gasteiger partial charge >= 0.3 is 0 Å². The summed E-state index contributed by atoms with van der Waals surface area (Å²) in [5.41, 5.74) is 0.802. The topological polar surface area (TPSA) is 51.7 Å². The molecule has 23 heavy (non-hydrogen) atoms. The molecule has 6 heteroatoms. The maximum Gasteiger partial charge on any atom is 0.260 e. The van der Waals surface area contributed by atoms with Crippen molar-refractivity contribution in [1.29, 1.82) is 0 Å². The predicted octanol–water partition coefficient (Wildman–Crippen LogP) is 2.20. The number of aromatic nitrogens is 1. The van der Waals surface area contributed by atoms with E-state index in [1.54, 1.807) is 23.2 Å². The summed E-state index contributed by atoms with van der Waals surface area (Å²) in [6, 6.07) is 11.3. The van der Waals surface area contributed by atoms with Crippen LogP contribution >= 0.6 is 0 Å². The Morgan fingerprint density at radius 1 is 1.35 bits per heavy atom. The van der Waals surface area contributed by atoms with Gasteiger partial charge in [-0.1, -0.05) is 12.1 Å². The minimum atomic E-state index is -0.392. The number of morpholine rings is 1. The van der Waals surface area contributed by atoms with Crippen molar-refractivity contribution >= 4 is 5.91 Å². The number of benzene rings is 1. The molecule has 1 amide bonds. The average molecular weight is 316 g/mol. The second kappa shape index (κ2) is 7.19. The first-order valence-corrected chi connectivity index (χ1v) is 7.41. The third-order valence-electron chi connectivity index (χ3n) is 3.60. The molecule has 1 aromatic carbocycles. The molecule has 1 aliphatic heterocycles. The molecule has 0 N–H and O–H groups in total. The molecule has 1 aliphatic rings. The molecule has 0 bridgehead atoms. The molecule has 2 heterocycles. The number of rotatable bonds is 4. The van der Waals surface area contributed by atoms with Gasteiger partial charge in [-0.15, -0.1) is 0 Å². The fraction of sp³-hybridized carbons (Fsp3) is 0.294. The van der Waals surface area contributed by atoms with Crippen molar-refractivity contribution in [3.8, 4) is 5.75 Å². The molecule has 1 saturated heterocycles. The number of hydrogen-bond acceptors (Lipinski definition) is 4. The summed E-state index contributed by atoms with van der Waals surface area (Å²) in [4.78, 5) is 18.2. The maximum atomic E-state index is 13.1. The Bertz CT molecular complexity index is 666. The van der Waals surface area contributed by atoms with Crippen LogP contribution < -0.4 is 4.74 Å². The highest BCUT2D eigenvalue weighted by atomic mass is 19.1. The standard InChI is InChI=1S/C17H17FN2O3/c18-13-4-3-5-14(10-13)23-12-17(21)20-8-9-22-16(11-20)15-6-1-2-7-19-15/h1-7,10,16H,8-9,11-12H2. The van der Waals surface area contributed by atoms with Gasteiger partial charge in [0.15, 0.2) is 6.61 Å². The van der Waals surface area contributed by atoms with E-state index in [-0.39, 0.29) is 18.6 Å². The second-order valence-electron chi connectivity index (χ2n) is 5.20. The van der Waals surface area contributed by atoms with Crippen LogP contribution in [-0.4, -0.2) is 42.1 Å². The van der Waals surface area contributed by atoms with E-state index in [1.807, 2.05) is 18.2 Å². The van der Waals surface area contributed by atoms with E-state index >= 15 is 0 Å². The Morgan fingerprint density at radius 3 is 3.04 bits per heavy atom. The van der Waals surface area contributed by atoms with Gasteiger partial charge in [0.1, 0.15) is 17.7 Å². The summed E-state index contributed by atoms with van der Waals surface area (Å²) >= 11 is 0. The van der Waals surface area contributed by atoms with Gasteiger partial charge in [0.25, 0.3) is 5.91 Å². The quantitative estimate of drug-likeness (QED) is 0.868. The van der Waals surface area contributed by atoms with Crippen LogP contribution in [0.4, 0.5) is 4.39 Å². The van der Waals surface area contributed by atoms with Crippen LogP contribution in [0.15, 0.2) is 48.7 Å². The summed E-state index contributed by atoms with van der Waals surface area (Å²) in [6.07, 6.45) is 1.47. The summed E-state index contributed by atoms with van der Waals surface area (Å²) in [6.45, 7) is 1.27. The normalized spacial score (nSPS) is 17.8. The van der Waals surface area contributed by atoms with Crippen molar-refractivity contribution in [2.45, 2.75) is 6.10 Å². The van der Waals surface area contributed by atoms with Gasteiger partial charge in [-0.25, -0.2) is 4.39 Å². The van der Waals surface area contributed by atoms with E-state index in [2.05, 4.69) is 4.98 Å². The van der Waals surface area contributed by atoms with Crippen LogP contribution in [0.3, 0.4) is 0 Å². The lowest BCUT2D eigenvalue weighted by atomic mass is 10.2. The number of amides is 1. The molecule has 1 atom stereocenters. The maximum absolute atomic E-state index is 13.1. The fourth-order valence-electron chi connectivity index (χ4n) is 2.41. The summed E-state index contributed by atoms with van der Waals surface area (Å²) < 4.78 is 24.1. The smallest absolute Gasteiger partial charge is 0.260 e. The van der Waals surface area contributed by atoms with E-state index < -0.39 is 5.82 Å². The van der Waals surface area contributed by atoms with Crippen LogP contribution in [0.25, 0.3) is 0 Å². The molecule has 0 radical (unpaired) electrons. The zero-order valence-electron chi connectivity index (χ0n) is 12.5. The number of carbonyl (C=O) groups excluding carboxylic acids is 1. The molecular weight excluding hydrogens is 299 g/mol. The minimum Gasteiger partial charge on any atom is -0.484 e. The van der Waals surface area contributed by atoms with Crippen molar-refractivity contribution in [3.63, 3.8) is 0 Å². The number of pyridine rings is 1. The van der Waals surface area contributed by atoms with E-state index in [1.165, 1.54) is 12.1 Å². The first-order valence-electron chi connectivity index (χ1n) is 7.41. The number of hydrogen-bond donors (Lipinski definition) is 0. The summed E-state index contributed by atoms with van der Waals surface area (Å²) in [5, 5.41) is 0. The molecule has 120 valence electrons. The van der Waals surface area contributed by atoms with Crippen LogP contribution in [-0.2, 0) is 9.53 Å². The van der Waals surface area contributed by atoms with E-state index in [4.69, 9.17) is 9.47 Å². The Balaban J connectivity index is 1.57. The van der Waals surface area contributed by atoms with E-state index in [9.17, 15) is 9.18 Å². The molecular formula is C17H17FN2O3. The Labute approximate surface area is 133 Å². The van der Waals surface area contributed by atoms with Crippen LogP contribution in [0, 0.1) is 5.82 Å². The van der Waals surface area contributed by atoms with E-state index in [0.29, 0.717) is 25.4 Å². The number of carbonyl (C=O) groups is 1. The van der Waals surface area contributed by atoms with Gasteiger partial charge in [0.2, 0.25) is 0 Å². The second-order valence-corrected chi connectivity index (χ2v) is 5.20. The minimum absolute atomic E-state index is 0.127. The summed E-state index contributed by atoms with van der Waals surface area (Å²) in [5.74, 6) is -0.206. The molecule has 3 rings (SSSR count). The monoisotopic (exact) mass is 316 g/mol. The first kappa shape index (κ1) is 15.4. The molecule has 5 nitrogen and oxygen atoms in total. The van der Waals surface area contributed by atoms with Gasteiger partial charge in [0, 0.05) is 18.8 Å². The van der Waals surface area contributed by atoms with Crippen molar-refractivity contribution in [3.05, 3.63) is 60.2 Å². The molecule has 2 aromatic rings. The highest BCUT2D eigenvalue weighted by molar-refractivity contribution is 5.77. The Kier molecular flexibility index (Phi) is 4.83. The lowest BCUT2D eigenvalue weighted by molar-refractivity contribution is -0.141. The molecule has 1 unspecified atom stereocenters. The number of nitrogens with zero attached hydrogens (tertiary/aromatic N) is 2. The predicted molar refractivity (Wildman–Crippen MR) is 81.4 cm³/mol. The van der Waals surface area contributed by atoms with Gasteiger partial charge < -0.3 is 14.4 Å². The van der Waals surface area contributed by atoms with E-state index in [0.717, 1.165) is 5.69 Å². The zero-order valence-corrected chi connectivity index (χ0v) is 12.5. The van der Waals surface area contributed by atoms with Crippen molar-refractivity contribution in [2.75, 3.05) is 26.3 Å².